The average Bonchev–Trinajstić information content (AvgIpc) is 2.47. The van der Waals surface area contributed by atoms with Crippen LogP contribution in [0.15, 0.2) is 18.2 Å². The predicted octanol–water partition coefficient (Wildman–Crippen LogP) is 4.50. The molecule has 1 aliphatic rings. The van der Waals surface area contributed by atoms with Crippen LogP contribution in [0.1, 0.15) is 43.4 Å². The maximum absolute atomic E-state index is 12.8. The number of benzene rings is 1. The van der Waals surface area contributed by atoms with Crippen molar-refractivity contribution in [3.63, 3.8) is 0 Å². The highest BCUT2D eigenvalue weighted by Gasteiger charge is 2.33. The number of piperazine rings is 1. The summed E-state index contributed by atoms with van der Waals surface area (Å²) >= 11 is 5.88. The van der Waals surface area contributed by atoms with E-state index in [1.54, 1.807) is 6.07 Å². The smallest absolute Gasteiger partial charge is 0.314 e. The minimum atomic E-state index is -4.40. The van der Waals surface area contributed by atoms with E-state index in [1.807, 2.05) is 0 Å². The zero-order valence-corrected chi connectivity index (χ0v) is 13.5. The molecule has 124 valence electrons. The minimum absolute atomic E-state index is 0.141. The van der Waals surface area contributed by atoms with Crippen molar-refractivity contribution in [2.45, 2.75) is 38.4 Å². The molecule has 1 fully saturated rings. The maximum Gasteiger partial charge on any atom is 0.417 e. The van der Waals surface area contributed by atoms with Crippen LogP contribution in [0.5, 0.6) is 0 Å². The fraction of sp³-hybridized carbons (Fsp3) is 0.625. The molecule has 0 saturated carbocycles. The number of nitrogens with one attached hydrogen (secondary N) is 1. The van der Waals surface area contributed by atoms with E-state index in [0.29, 0.717) is 0 Å². The lowest BCUT2D eigenvalue weighted by atomic mass is 9.97. The van der Waals surface area contributed by atoms with Gasteiger partial charge < -0.3 is 5.32 Å². The summed E-state index contributed by atoms with van der Waals surface area (Å²) in [6.07, 6.45) is -1.34. The number of nitrogens with zero attached hydrogens (tertiary/aromatic N) is 1. The van der Waals surface area contributed by atoms with Gasteiger partial charge in [0.2, 0.25) is 0 Å². The van der Waals surface area contributed by atoms with E-state index in [4.69, 9.17) is 11.6 Å². The Kier molecular flexibility index (Phi) is 6.12. The second kappa shape index (κ2) is 7.66. The average molecular weight is 335 g/mol. The Morgan fingerprint density at radius 3 is 2.50 bits per heavy atom. The largest absolute Gasteiger partial charge is 0.417 e. The highest BCUT2D eigenvalue weighted by molar-refractivity contribution is 6.31. The summed E-state index contributed by atoms with van der Waals surface area (Å²) < 4.78 is 38.5. The van der Waals surface area contributed by atoms with Gasteiger partial charge in [-0.15, -0.1) is 0 Å². The standard InChI is InChI=1S/C16H22ClF3N2/c1-2-3-4-15(22-9-7-21-8-10-22)12-5-6-13(14(17)11-12)16(18,19)20/h5-6,11,15,21H,2-4,7-10H2,1H3/t15-/m1/s1. The van der Waals surface area contributed by atoms with E-state index in [0.717, 1.165) is 57.1 Å². The molecule has 6 heteroatoms. The molecule has 1 saturated heterocycles. The van der Waals surface area contributed by atoms with Crippen molar-refractivity contribution in [3.05, 3.63) is 34.3 Å². The highest BCUT2D eigenvalue weighted by atomic mass is 35.5. The van der Waals surface area contributed by atoms with E-state index in [-0.39, 0.29) is 11.1 Å². The van der Waals surface area contributed by atoms with E-state index in [1.165, 1.54) is 6.07 Å². The summed E-state index contributed by atoms with van der Waals surface area (Å²) in [6, 6.07) is 4.32. The number of hydrogen-bond acceptors (Lipinski definition) is 2. The molecular weight excluding hydrogens is 313 g/mol. The Morgan fingerprint density at radius 1 is 1.27 bits per heavy atom. The molecule has 1 heterocycles. The zero-order valence-electron chi connectivity index (χ0n) is 12.7. The summed E-state index contributed by atoms with van der Waals surface area (Å²) in [7, 11) is 0. The monoisotopic (exact) mass is 334 g/mol. The van der Waals surface area contributed by atoms with Crippen LogP contribution >= 0.6 is 11.6 Å². The molecule has 0 aromatic heterocycles. The van der Waals surface area contributed by atoms with E-state index in [9.17, 15) is 13.2 Å². The van der Waals surface area contributed by atoms with Gasteiger partial charge in [0.05, 0.1) is 10.6 Å². The van der Waals surface area contributed by atoms with Gasteiger partial charge >= 0.3 is 6.18 Å². The van der Waals surface area contributed by atoms with E-state index in [2.05, 4.69) is 17.1 Å². The second-order valence-electron chi connectivity index (χ2n) is 5.68. The number of rotatable bonds is 5. The molecule has 1 aromatic rings. The fourth-order valence-electron chi connectivity index (χ4n) is 2.92. The van der Waals surface area contributed by atoms with Crippen LogP contribution in [0.3, 0.4) is 0 Å². The quantitative estimate of drug-likeness (QED) is 0.853. The van der Waals surface area contributed by atoms with Crippen molar-refractivity contribution in [2.75, 3.05) is 26.2 Å². The molecule has 1 atom stereocenters. The fourth-order valence-corrected chi connectivity index (χ4v) is 3.22. The molecule has 0 radical (unpaired) electrons. The van der Waals surface area contributed by atoms with Crippen molar-refractivity contribution in [1.29, 1.82) is 0 Å². The number of alkyl halides is 3. The first-order chi connectivity index (χ1) is 10.4. The van der Waals surface area contributed by atoms with Crippen molar-refractivity contribution in [2.24, 2.45) is 0 Å². The predicted molar refractivity (Wildman–Crippen MR) is 83.2 cm³/mol. The number of hydrogen-bond donors (Lipinski definition) is 1. The van der Waals surface area contributed by atoms with Crippen LogP contribution in [-0.4, -0.2) is 31.1 Å². The van der Waals surface area contributed by atoms with Crippen molar-refractivity contribution in [3.8, 4) is 0 Å². The lowest BCUT2D eigenvalue weighted by Gasteiger charge is -2.35. The first kappa shape index (κ1) is 17.6. The summed E-state index contributed by atoms with van der Waals surface area (Å²) in [5, 5.41) is 3.09. The molecule has 0 unspecified atom stereocenters. The Hall–Kier alpha value is -0.780. The molecule has 1 aromatic carbocycles. The molecule has 1 aliphatic heterocycles. The third-order valence-corrected chi connectivity index (χ3v) is 4.42. The van der Waals surface area contributed by atoms with Crippen LogP contribution in [0.4, 0.5) is 13.2 Å². The molecule has 0 aliphatic carbocycles. The SMILES string of the molecule is CCCC[C@H](c1ccc(C(F)(F)F)c(Cl)c1)N1CCNCC1. The molecular formula is C16H22ClF3N2. The molecule has 2 rings (SSSR count). The lowest BCUT2D eigenvalue weighted by molar-refractivity contribution is -0.137. The summed E-state index contributed by atoms with van der Waals surface area (Å²) in [6.45, 7) is 5.77. The van der Waals surface area contributed by atoms with Gasteiger partial charge in [0.15, 0.2) is 0 Å². The van der Waals surface area contributed by atoms with Crippen molar-refractivity contribution in [1.82, 2.24) is 10.2 Å². The molecule has 2 nitrogen and oxygen atoms in total. The van der Waals surface area contributed by atoms with E-state index < -0.39 is 11.7 Å². The Bertz CT molecular complexity index is 485. The third kappa shape index (κ3) is 4.37. The molecule has 0 amide bonds. The summed E-state index contributed by atoms with van der Waals surface area (Å²) in [5.41, 5.74) is 0.126. The molecule has 0 bridgehead atoms. The second-order valence-corrected chi connectivity index (χ2v) is 6.09. The Balaban J connectivity index is 2.24. The van der Waals surface area contributed by atoms with Gasteiger partial charge in [0, 0.05) is 32.2 Å². The van der Waals surface area contributed by atoms with E-state index >= 15 is 0 Å². The van der Waals surface area contributed by atoms with Crippen LogP contribution in [0.25, 0.3) is 0 Å². The first-order valence-corrected chi connectivity index (χ1v) is 8.12. The van der Waals surface area contributed by atoms with Gasteiger partial charge in [-0.25, -0.2) is 0 Å². The number of unbranched alkanes of at least 4 members (excludes halogenated alkanes) is 1. The molecule has 1 N–H and O–H groups in total. The maximum atomic E-state index is 12.8. The van der Waals surface area contributed by atoms with Gasteiger partial charge in [-0.05, 0) is 24.1 Å². The topological polar surface area (TPSA) is 15.3 Å². The zero-order chi connectivity index (χ0) is 16.2. The van der Waals surface area contributed by atoms with Gasteiger partial charge in [0.25, 0.3) is 0 Å². The van der Waals surface area contributed by atoms with Gasteiger partial charge in [0.1, 0.15) is 0 Å². The van der Waals surface area contributed by atoms with Crippen molar-refractivity contribution < 1.29 is 13.2 Å². The Labute approximate surface area is 134 Å². The molecule has 0 spiro atoms. The van der Waals surface area contributed by atoms with Crippen LogP contribution in [0.2, 0.25) is 5.02 Å². The summed E-state index contributed by atoms with van der Waals surface area (Å²) in [5.74, 6) is 0. The Morgan fingerprint density at radius 2 is 1.95 bits per heavy atom. The van der Waals surface area contributed by atoms with Gasteiger partial charge in [-0.3, -0.25) is 4.90 Å². The van der Waals surface area contributed by atoms with Gasteiger partial charge in [-0.2, -0.15) is 13.2 Å². The highest BCUT2D eigenvalue weighted by Crippen LogP contribution is 2.37. The number of halogens is 4. The molecule has 22 heavy (non-hydrogen) atoms. The van der Waals surface area contributed by atoms with Gasteiger partial charge in [-0.1, -0.05) is 37.4 Å². The van der Waals surface area contributed by atoms with Crippen molar-refractivity contribution >= 4 is 11.6 Å². The van der Waals surface area contributed by atoms with Crippen LogP contribution < -0.4 is 5.32 Å². The lowest BCUT2D eigenvalue weighted by Crippen LogP contribution is -2.45. The van der Waals surface area contributed by atoms with Crippen LogP contribution in [-0.2, 0) is 6.18 Å². The first-order valence-electron chi connectivity index (χ1n) is 7.75. The van der Waals surface area contributed by atoms with Crippen LogP contribution in [0, 0.1) is 0 Å². The summed E-state index contributed by atoms with van der Waals surface area (Å²) in [4.78, 5) is 2.34. The normalized spacial score (nSPS) is 18.4. The third-order valence-electron chi connectivity index (χ3n) is 4.11. The minimum Gasteiger partial charge on any atom is -0.314 e.